The Kier molecular flexibility index (Phi) is 10.7. The molecule has 0 spiro atoms. The zero-order chi connectivity index (χ0) is 21.1. The fraction of sp³-hybridized carbons (Fsp3) is 0.286. The van der Waals surface area contributed by atoms with Crippen LogP contribution in [0.4, 0.5) is 0 Å². The minimum atomic E-state index is -1.45. The summed E-state index contributed by atoms with van der Waals surface area (Å²) >= 11 is -0.712. The quantitative estimate of drug-likeness (QED) is 0.417. The Labute approximate surface area is 220 Å². The average Bonchev–Trinajstić information content (AvgIpc) is 3.38. The van der Waals surface area contributed by atoms with Crippen LogP contribution in [-0.4, -0.2) is 8.80 Å². The van der Waals surface area contributed by atoms with Crippen LogP contribution in [0.3, 0.4) is 0 Å². The Hall–Kier alpha value is -0.920. The van der Waals surface area contributed by atoms with Gasteiger partial charge in [0.1, 0.15) is 0 Å². The number of aryl methyl sites for hydroxylation is 2. The van der Waals surface area contributed by atoms with Gasteiger partial charge in [-0.3, -0.25) is 0 Å². The molecule has 4 rings (SSSR count). The van der Waals surface area contributed by atoms with Crippen LogP contribution >= 0.6 is 0 Å². The summed E-state index contributed by atoms with van der Waals surface area (Å²) in [6, 6.07) is 18.3. The molecule has 0 amide bonds. The average molecular weight is 559 g/mol. The van der Waals surface area contributed by atoms with Gasteiger partial charge >= 0.3 is 197 Å². The van der Waals surface area contributed by atoms with Gasteiger partial charge in [0.2, 0.25) is 0 Å². The number of hydrogen-bond acceptors (Lipinski definition) is 0. The van der Waals surface area contributed by atoms with Crippen LogP contribution in [0, 0.1) is 13.8 Å². The summed E-state index contributed by atoms with van der Waals surface area (Å²) in [6.07, 6.45) is 12.4. The third-order valence-corrected chi connectivity index (χ3v) is 14.5. The Bertz CT molecular complexity index is 1030. The molecule has 0 atom stereocenters. The molecule has 0 saturated heterocycles. The second-order valence-electron chi connectivity index (χ2n) is 8.49. The number of rotatable bonds is 7. The smallest absolute Gasteiger partial charge is 1.00 e. The van der Waals surface area contributed by atoms with Crippen molar-refractivity contribution in [2.24, 2.45) is 0 Å². The van der Waals surface area contributed by atoms with Crippen LogP contribution in [0.15, 0.2) is 89.7 Å². The van der Waals surface area contributed by atoms with E-state index in [1.54, 1.807) is 30.0 Å². The van der Waals surface area contributed by atoms with Gasteiger partial charge in [0.05, 0.1) is 0 Å². The Morgan fingerprint density at radius 1 is 0.844 bits per heavy atom. The fourth-order valence-electron chi connectivity index (χ4n) is 4.92. The normalized spacial score (nSPS) is 15.0. The van der Waals surface area contributed by atoms with E-state index in [0.717, 1.165) is 0 Å². The largest absolute Gasteiger partial charge is 1.00 e. The fourth-order valence-corrected chi connectivity index (χ4v) is 13.3. The van der Waals surface area contributed by atoms with Crippen molar-refractivity contribution in [3.05, 3.63) is 101 Å². The van der Waals surface area contributed by atoms with Crippen LogP contribution < -0.4 is 35.2 Å². The molecular weight excluding hydrogens is 527 g/mol. The van der Waals surface area contributed by atoms with Crippen LogP contribution in [0.2, 0.25) is 0 Å². The van der Waals surface area contributed by atoms with E-state index < -0.39 is 32.0 Å². The van der Waals surface area contributed by atoms with Gasteiger partial charge in [0.25, 0.3) is 0 Å². The van der Waals surface area contributed by atoms with E-state index in [0.29, 0.717) is 0 Å². The molecule has 0 heterocycles. The first-order chi connectivity index (χ1) is 14.6. The predicted molar refractivity (Wildman–Crippen MR) is 130 cm³/mol. The summed E-state index contributed by atoms with van der Waals surface area (Å²) in [5.74, 6) is 0. The number of allylic oxidation sites excluding steroid dienone is 8. The van der Waals surface area contributed by atoms with Gasteiger partial charge in [-0.15, -0.1) is 0 Å². The monoisotopic (exact) mass is 556 g/mol. The molecule has 0 unspecified atom stereocenters. The van der Waals surface area contributed by atoms with Crippen molar-refractivity contribution < 1.29 is 48.0 Å². The van der Waals surface area contributed by atoms with Crippen LogP contribution in [0.25, 0.3) is 0 Å². The molecule has 166 valence electrons. The Balaban J connectivity index is 0.00000181. The molecule has 0 saturated carbocycles. The minimum Gasteiger partial charge on any atom is -1.00 e. The first-order valence-electron chi connectivity index (χ1n) is 11.3. The summed E-state index contributed by atoms with van der Waals surface area (Å²) in [5.41, 5.74) is 6.25. The van der Waals surface area contributed by atoms with Crippen LogP contribution in [0.5, 0.6) is 0 Å². The van der Waals surface area contributed by atoms with E-state index in [4.69, 9.17) is 0 Å². The number of halogens is 2. The minimum absolute atomic E-state index is 0. The molecule has 0 aliphatic heterocycles. The van der Waals surface area contributed by atoms with Crippen molar-refractivity contribution in [2.75, 3.05) is 0 Å². The molecule has 4 heteroatoms. The Morgan fingerprint density at radius 2 is 1.44 bits per heavy atom. The zero-order valence-electron chi connectivity index (χ0n) is 19.5. The third kappa shape index (κ3) is 5.76. The van der Waals surface area contributed by atoms with E-state index in [2.05, 4.69) is 94.5 Å². The molecule has 2 aliphatic carbocycles. The van der Waals surface area contributed by atoms with Crippen LogP contribution in [0.1, 0.15) is 50.7 Å². The van der Waals surface area contributed by atoms with Crippen LogP contribution in [-0.2, 0) is 23.2 Å². The van der Waals surface area contributed by atoms with Gasteiger partial charge in [0, 0.05) is 0 Å². The van der Waals surface area contributed by atoms with Gasteiger partial charge in [-0.05, 0) is 0 Å². The topological polar surface area (TPSA) is 0 Å². The van der Waals surface area contributed by atoms with Gasteiger partial charge in [-0.1, -0.05) is 0 Å². The van der Waals surface area contributed by atoms with Crippen molar-refractivity contribution in [1.82, 2.24) is 0 Å². The zero-order valence-corrected chi connectivity index (χ0v) is 24.6. The molecular formula is C28H32Cl2SiZr. The van der Waals surface area contributed by atoms with Gasteiger partial charge < -0.3 is 24.8 Å². The second kappa shape index (κ2) is 12.5. The maximum atomic E-state index is 2.59. The number of benzene rings is 2. The van der Waals surface area contributed by atoms with Crippen molar-refractivity contribution in [3.63, 3.8) is 0 Å². The van der Waals surface area contributed by atoms with E-state index >= 15 is 0 Å². The molecule has 2 aromatic rings. The van der Waals surface area contributed by atoms with Crippen molar-refractivity contribution >= 4 is 19.2 Å². The molecule has 2 aliphatic rings. The summed E-state index contributed by atoms with van der Waals surface area (Å²) in [6.45, 7) is 9.25. The van der Waals surface area contributed by atoms with Crippen molar-refractivity contribution in [1.29, 1.82) is 0 Å². The van der Waals surface area contributed by atoms with E-state index in [1.807, 2.05) is 3.28 Å². The Morgan fingerprint density at radius 3 is 1.94 bits per heavy atom. The second-order valence-corrected chi connectivity index (χ2v) is 14.9. The molecule has 2 aromatic carbocycles. The summed E-state index contributed by atoms with van der Waals surface area (Å²) in [7, 11) is -1.45. The van der Waals surface area contributed by atoms with Crippen molar-refractivity contribution in [2.45, 2.75) is 53.4 Å². The van der Waals surface area contributed by atoms with Crippen molar-refractivity contribution in [3.8, 4) is 0 Å². The first-order valence-corrected chi connectivity index (χ1v) is 15.5. The molecule has 0 fully saturated rings. The summed E-state index contributed by atoms with van der Waals surface area (Å²) in [5, 5.41) is 4.94. The predicted octanol–water partition coefficient (Wildman–Crippen LogP) is -0.107. The maximum Gasteiger partial charge on any atom is -1.00 e. The molecule has 0 radical (unpaired) electrons. The third-order valence-electron chi connectivity index (χ3n) is 6.60. The summed E-state index contributed by atoms with van der Waals surface area (Å²) < 4.78 is 3.63. The standard InChI is InChI=1S/C19H19Si.C9H13.2ClH.Zr/c1-15-9-3-7-13-18(15)20(17-11-5-6-12-17)19-14-8-4-10-16(19)2;1-3-8-6-5-7-9(8)4-2;;;/h3-5,7-11,13-14,20H,6H2,1-2H3;6H,3-4,7H2,1-2H3;2*1H;/q;;;;+2/p-2. The van der Waals surface area contributed by atoms with Gasteiger partial charge in [-0.2, -0.15) is 0 Å². The van der Waals surface area contributed by atoms with Gasteiger partial charge in [-0.25, -0.2) is 0 Å². The molecule has 0 nitrogen and oxygen atoms in total. The summed E-state index contributed by atoms with van der Waals surface area (Å²) in [4.78, 5) is 0. The molecule has 0 bridgehead atoms. The first kappa shape index (κ1) is 27.3. The number of hydrogen-bond donors (Lipinski definition) is 0. The maximum absolute atomic E-state index is 2.59. The van der Waals surface area contributed by atoms with E-state index in [-0.39, 0.29) is 24.8 Å². The van der Waals surface area contributed by atoms with Gasteiger partial charge in [0.15, 0.2) is 0 Å². The molecule has 0 aromatic heterocycles. The molecule has 0 N–H and O–H groups in total. The molecule has 32 heavy (non-hydrogen) atoms. The van der Waals surface area contributed by atoms with E-state index in [1.165, 1.54) is 36.8 Å². The SMILES string of the molecule is CCC1=C(CC)C[C]([Zr+2][C]2=C([SiH](c3ccccc3C)c3ccccc3C)C=CC2)=C1.[Cl-].[Cl-]. The van der Waals surface area contributed by atoms with E-state index in [9.17, 15) is 0 Å².